The molecule has 0 spiro atoms. The van der Waals surface area contributed by atoms with Crippen molar-refractivity contribution in [2.24, 2.45) is 5.92 Å². The Morgan fingerprint density at radius 3 is 2.58 bits per heavy atom. The number of carbonyl (C=O) groups is 1. The van der Waals surface area contributed by atoms with Crippen LogP contribution in [0.15, 0.2) is 17.6 Å². The van der Waals surface area contributed by atoms with Crippen molar-refractivity contribution in [3.8, 4) is 0 Å². The first-order chi connectivity index (χ1) is 8.71. The van der Waals surface area contributed by atoms with Crippen molar-refractivity contribution in [2.45, 2.75) is 38.3 Å². The molecule has 1 heterocycles. The minimum absolute atomic E-state index is 0.184. The molecule has 6 nitrogen and oxygen atoms in total. The van der Waals surface area contributed by atoms with E-state index in [0.717, 1.165) is 6.42 Å². The van der Waals surface area contributed by atoms with Crippen molar-refractivity contribution in [2.75, 3.05) is 6.54 Å². The summed E-state index contributed by atoms with van der Waals surface area (Å²) in [4.78, 5) is 15.5. The van der Waals surface area contributed by atoms with Gasteiger partial charge in [-0.2, -0.15) is 0 Å². The van der Waals surface area contributed by atoms with Crippen LogP contribution in [0, 0.1) is 5.92 Å². The third kappa shape index (κ3) is 4.83. The Balaban J connectivity index is 2.65. The molecule has 108 valence electrons. The maximum absolute atomic E-state index is 11.8. The van der Waals surface area contributed by atoms with Gasteiger partial charge in [0.15, 0.2) is 5.03 Å². The minimum atomic E-state index is -3.86. The van der Waals surface area contributed by atoms with Gasteiger partial charge in [0.05, 0.1) is 6.33 Å². The minimum Gasteiger partial charge on any atom is -0.354 e. The van der Waals surface area contributed by atoms with Crippen LogP contribution in [-0.4, -0.2) is 30.4 Å². The highest BCUT2D eigenvalue weighted by Crippen LogP contribution is 2.14. The molecule has 0 saturated carbocycles. The second-order valence-electron chi connectivity index (χ2n) is 4.75. The van der Waals surface area contributed by atoms with E-state index >= 15 is 0 Å². The average molecular weight is 308 g/mol. The molecule has 1 atom stereocenters. The standard InChI is InChI=1S/C11H18ClN3O3S/c1-8(2)4-5-13-11(16)9(3)15-6-10(14-7-15)19(12,17)18/h6-9H,4-5H2,1-3H3,(H,13,16). The molecular formula is C11H18ClN3O3S. The summed E-state index contributed by atoms with van der Waals surface area (Å²) in [5.41, 5.74) is 0. The Morgan fingerprint density at radius 2 is 2.11 bits per heavy atom. The summed E-state index contributed by atoms with van der Waals surface area (Å²) in [6, 6.07) is -0.535. The van der Waals surface area contributed by atoms with Gasteiger partial charge in [-0.25, -0.2) is 13.4 Å². The molecule has 0 fully saturated rings. The van der Waals surface area contributed by atoms with Gasteiger partial charge in [0.1, 0.15) is 6.04 Å². The second-order valence-corrected chi connectivity index (χ2v) is 7.26. The lowest BCUT2D eigenvalue weighted by atomic mass is 10.1. The van der Waals surface area contributed by atoms with Gasteiger partial charge < -0.3 is 9.88 Å². The van der Waals surface area contributed by atoms with Crippen molar-refractivity contribution in [1.82, 2.24) is 14.9 Å². The van der Waals surface area contributed by atoms with Gasteiger partial charge in [-0.3, -0.25) is 4.79 Å². The lowest BCUT2D eigenvalue weighted by molar-refractivity contribution is -0.123. The molecule has 1 rings (SSSR count). The number of nitrogens with zero attached hydrogens (tertiary/aromatic N) is 2. The summed E-state index contributed by atoms with van der Waals surface area (Å²) < 4.78 is 23.6. The van der Waals surface area contributed by atoms with Crippen molar-refractivity contribution in [3.05, 3.63) is 12.5 Å². The third-order valence-corrected chi connectivity index (χ3v) is 3.86. The van der Waals surface area contributed by atoms with Crippen LogP contribution < -0.4 is 5.32 Å². The summed E-state index contributed by atoms with van der Waals surface area (Å²) in [6.07, 6.45) is 3.42. The maximum Gasteiger partial charge on any atom is 0.280 e. The molecule has 1 amide bonds. The van der Waals surface area contributed by atoms with Crippen molar-refractivity contribution in [1.29, 1.82) is 0 Å². The number of hydrogen-bond donors (Lipinski definition) is 1. The zero-order chi connectivity index (χ0) is 14.6. The fourth-order valence-electron chi connectivity index (χ4n) is 1.42. The normalized spacial score (nSPS) is 13.5. The Kier molecular flexibility index (Phi) is 5.37. The van der Waals surface area contributed by atoms with E-state index in [9.17, 15) is 13.2 Å². The summed E-state index contributed by atoms with van der Waals surface area (Å²) in [7, 11) is 1.31. The molecule has 19 heavy (non-hydrogen) atoms. The van der Waals surface area contributed by atoms with E-state index < -0.39 is 15.1 Å². The third-order valence-electron chi connectivity index (χ3n) is 2.68. The van der Waals surface area contributed by atoms with Crippen LogP contribution in [0.2, 0.25) is 0 Å². The predicted molar refractivity (Wildman–Crippen MR) is 72.4 cm³/mol. The molecule has 1 aromatic heterocycles. The highest BCUT2D eigenvalue weighted by atomic mass is 35.7. The Bertz CT molecular complexity index is 539. The molecule has 1 unspecified atom stereocenters. The van der Waals surface area contributed by atoms with E-state index in [4.69, 9.17) is 10.7 Å². The lowest BCUT2D eigenvalue weighted by Crippen LogP contribution is -2.31. The van der Waals surface area contributed by atoms with Gasteiger partial charge in [0.2, 0.25) is 5.91 Å². The zero-order valence-electron chi connectivity index (χ0n) is 11.1. The van der Waals surface area contributed by atoms with Crippen LogP contribution >= 0.6 is 10.7 Å². The van der Waals surface area contributed by atoms with Crippen molar-refractivity contribution < 1.29 is 13.2 Å². The van der Waals surface area contributed by atoms with Crippen LogP contribution in [0.3, 0.4) is 0 Å². The van der Waals surface area contributed by atoms with Gasteiger partial charge in [-0.05, 0) is 19.3 Å². The first-order valence-corrected chi connectivity index (χ1v) is 8.28. The van der Waals surface area contributed by atoms with E-state index in [0.29, 0.717) is 12.5 Å². The van der Waals surface area contributed by atoms with Crippen LogP contribution in [0.5, 0.6) is 0 Å². The number of aromatic nitrogens is 2. The number of halogens is 1. The Hall–Kier alpha value is -1.08. The first-order valence-electron chi connectivity index (χ1n) is 5.97. The Morgan fingerprint density at radius 1 is 1.47 bits per heavy atom. The van der Waals surface area contributed by atoms with Crippen LogP contribution in [0.1, 0.15) is 33.2 Å². The van der Waals surface area contributed by atoms with Gasteiger partial charge in [-0.1, -0.05) is 13.8 Å². The quantitative estimate of drug-likeness (QED) is 0.808. The van der Waals surface area contributed by atoms with Crippen molar-refractivity contribution >= 4 is 25.6 Å². The van der Waals surface area contributed by atoms with E-state index in [2.05, 4.69) is 24.1 Å². The highest BCUT2D eigenvalue weighted by molar-refractivity contribution is 8.13. The molecule has 1 N–H and O–H groups in total. The summed E-state index contributed by atoms with van der Waals surface area (Å²) >= 11 is 0. The highest BCUT2D eigenvalue weighted by Gasteiger charge is 2.19. The second kappa shape index (κ2) is 6.38. The SMILES string of the molecule is CC(C)CCNC(=O)C(C)n1cnc(S(=O)(=O)Cl)c1. The number of amides is 1. The fourth-order valence-corrected chi connectivity index (χ4v) is 2.08. The predicted octanol–water partition coefficient (Wildman–Crippen LogP) is 1.53. The fraction of sp³-hybridized carbons (Fsp3) is 0.636. The molecule has 0 bridgehead atoms. The molecule has 0 saturated heterocycles. The van der Waals surface area contributed by atoms with Crippen LogP contribution in [0.25, 0.3) is 0 Å². The molecule has 0 aliphatic carbocycles. The number of nitrogens with one attached hydrogen (secondary N) is 1. The van der Waals surface area contributed by atoms with Crippen LogP contribution in [0.4, 0.5) is 0 Å². The maximum atomic E-state index is 11.8. The Labute approximate surface area is 117 Å². The van der Waals surface area contributed by atoms with Gasteiger partial charge >= 0.3 is 0 Å². The molecular weight excluding hydrogens is 290 g/mol. The summed E-state index contributed by atoms with van der Waals surface area (Å²) in [6.45, 7) is 6.40. The molecule has 0 aromatic carbocycles. The van der Waals surface area contributed by atoms with Gasteiger partial charge in [0, 0.05) is 23.4 Å². The monoisotopic (exact) mass is 307 g/mol. The molecule has 0 aliphatic rings. The number of rotatable bonds is 6. The lowest BCUT2D eigenvalue weighted by Gasteiger charge is -2.13. The number of carbonyl (C=O) groups excluding carboxylic acids is 1. The molecule has 1 aromatic rings. The van der Waals surface area contributed by atoms with Gasteiger partial charge in [0.25, 0.3) is 9.05 Å². The topological polar surface area (TPSA) is 81.1 Å². The average Bonchev–Trinajstić information content (AvgIpc) is 2.76. The molecule has 0 radical (unpaired) electrons. The smallest absolute Gasteiger partial charge is 0.280 e. The molecule has 8 heteroatoms. The zero-order valence-corrected chi connectivity index (χ0v) is 12.7. The first kappa shape index (κ1) is 16.0. The summed E-state index contributed by atoms with van der Waals surface area (Å²) in [5, 5.41) is 2.54. The van der Waals surface area contributed by atoms with E-state index in [1.807, 2.05) is 0 Å². The van der Waals surface area contributed by atoms with Crippen LogP contribution in [-0.2, 0) is 13.8 Å². The largest absolute Gasteiger partial charge is 0.354 e. The van der Waals surface area contributed by atoms with Gasteiger partial charge in [-0.15, -0.1) is 0 Å². The van der Waals surface area contributed by atoms with Crippen molar-refractivity contribution in [3.63, 3.8) is 0 Å². The molecule has 0 aliphatic heterocycles. The van der Waals surface area contributed by atoms with E-state index in [1.165, 1.54) is 17.1 Å². The number of imidazole rings is 1. The number of hydrogen-bond acceptors (Lipinski definition) is 4. The summed E-state index contributed by atoms with van der Waals surface area (Å²) in [5.74, 6) is 0.327. The van der Waals surface area contributed by atoms with E-state index in [-0.39, 0.29) is 10.9 Å². The van der Waals surface area contributed by atoms with E-state index in [1.54, 1.807) is 6.92 Å².